The van der Waals surface area contributed by atoms with Crippen LogP contribution in [-0.4, -0.2) is 10.7 Å². The van der Waals surface area contributed by atoms with E-state index >= 15 is 0 Å². The predicted molar refractivity (Wildman–Crippen MR) is 107 cm³/mol. The molecule has 0 radical (unpaired) electrons. The summed E-state index contributed by atoms with van der Waals surface area (Å²) in [6, 6.07) is 10.4. The van der Waals surface area contributed by atoms with Gasteiger partial charge in [0.15, 0.2) is 22.0 Å². The summed E-state index contributed by atoms with van der Waals surface area (Å²) in [6.45, 7) is 5.74. The molecule has 0 bridgehead atoms. The van der Waals surface area contributed by atoms with Gasteiger partial charge in [0, 0.05) is 11.6 Å². The lowest BCUT2D eigenvalue weighted by molar-refractivity contribution is 0.224. The topological polar surface area (TPSA) is 76.1 Å². The lowest BCUT2D eigenvalue weighted by atomic mass is 10.0. The fourth-order valence-electron chi connectivity index (χ4n) is 2.78. The van der Waals surface area contributed by atoms with E-state index in [1.165, 1.54) is 17.8 Å². The van der Waals surface area contributed by atoms with Crippen LogP contribution in [0.5, 0.6) is 5.75 Å². The number of thioether (sulfide) groups is 1. The fourth-order valence-corrected chi connectivity index (χ4v) is 3.54. The molecule has 3 rings (SSSR count). The monoisotopic (exact) mass is 400 g/mol. The van der Waals surface area contributed by atoms with Gasteiger partial charge in [-0.15, -0.1) is 0 Å². The number of hydrogen-bond acceptors (Lipinski definition) is 6. The summed E-state index contributed by atoms with van der Waals surface area (Å²) < 4.78 is 12.0. The highest BCUT2D eigenvalue weighted by Crippen LogP contribution is 2.31. The van der Waals surface area contributed by atoms with Crippen molar-refractivity contribution in [2.45, 2.75) is 32.0 Å². The first-order valence-corrected chi connectivity index (χ1v) is 9.73. The van der Waals surface area contributed by atoms with E-state index in [2.05, 4.69) is 4.98 Å². The van der Waals surface area contributed by atoms with Gasteiger partial charge >= 0.3 is 0 Å². The average molecular weight is 401 g/mol. The minimum Gasteiger partial charge on any atom is -0.483 e. The summed E-state index contributed by atoms with van der Waals surface area (Å²) in [4.78, 5) is 16.5. The fraction of sp³-hybridized carbons (Fsp3) is 0.250. The molecular weight excluding hydrogens is 384 g/mol. The molecule has 138 valence electrons. The van der Waals surface area contributed by atoms with Crippen molar-refractivity contribution in [2.24, 2.45) is 0 Å². The van der Waals surface area contributed by atoms with Gasteiger partial charge in [0.1, 0.15) is 22.9 Å². The molecule has 7 heteroatoms. The summed E-state index contributed by atoms with van der Waals surface area (Å²) in [7, 11) is 0. The number of aryl methyl sites for hydroxylation is 1. The maximum Gasteiger partial charge on any atom is 0.193 e. The Hall–Kier alpha value is -2.49. The number of ether oxygens (including phenoxy) is 1. The molecular formula is C20H17ClN2O3S. The number of fused-ring (bicyclic) bond motifs is 1. The minimum atomic E-state index is -0.465. The number of pyridine rings is 1. The van der Waals surface area contributed by atoms with E-state index in [0.717, 1.165) is 16.9 Å². The first kappa shape index (κ1) is 19.3. The maximum atomic E-state index is 12.5. The standard InChI is InChI=1S/C20H17ClN2O3S/c1-4-27-19-9-16(24)14-8-11(2)7-13(20(14)26-19)12(3)25-17-5-6-18(21)23-15(17)10-22/h5-9,12H,4H2,1-3H3/t12-/m1/s1. The van der Waals surface area contributed by atoms with Crippen LogP contribution >= 0.6 is 23.4 Å². The number of halogens is 1. The molecule has 0 amide bonds. The molecule has 1 aromatic carbocycles. The third-order valence-electron chi connectivity index (χ3n) is 3.94. The van der Waals surface area contributed by atoms with Crippen molar-refractivity contribution in [1.29, 1.82) is 5.26 Å². The van der Waals surface area contributed by atoms with Crippen LogP contribution in [0, 0.1) is 18.3 Å². The number of benzene rings is 1. The zero-order chi connectivity index (χ0) is 19.6. The molecule has 0 aliphatic heterocycles. The van der Waals surface area contributed by atoms with E-state index in [4.69, 9.17) is 20.8 Å². The first-order chi connectivity index (χ1) is 12.9. The molecule has 0 aliphatic rings. The van der Waals surface area contributed by atoms with Gasteiger partial charge < -0.3 is 9.15 Å². The van der Waals surface area contributed by atoms with Crippen molar-refractivity contribution in [3.8, 4) is 11.8 Å². The number of hydrogen-bond donors (Lipinski definition) is 0. The highest BCUT2D eigenvalue weighted by Gasteiger charge is 2.18. The van der Waals surface area contributed by atoms with Crippen molar-refractivity contribution >= 4 is 34.3 Å². The van der Waals surface area contributed by atoms with Crippen LogP contribution in [0.2, 0.25) is 5.15 Å². The number of nitriles is 1. The van der Waals surface area contributed by atoms with Gasteiger partial charge in [-0.05, 0) is 49.4 Å². The Kier molecular flexibility index (Phi) is 5.73. The summed E-state index contributed by atoms with van der Waals surface area (Å²) in [6.07, 6.45) is -0.465. The molecule has 0 saturated heterocycles. The van der Waals surface area contributed by atoms with Gasteiger partial charge in [0.05, 0.1) is 5.39 Å². The molecule has 27 heavy (non-hydrogen) atoms. The lowest BCUT2D eigenvalue weighted by Gasteiger charge is -2.18. The van der Waals surface area contributed by atoms with E-state index in [9.17, 15) is 10.1 Å². The molecule has 1 atom stereocenters. The van der Waals surface area contributed by atoms with Crippen LogP contribution in [0.4, 0.5) is 0 Å². The van der Waals surface area contributed by atoms with E-state index < -0.39 is 6.10 Å². The summed E-state index contributed by atoms with van der Waals surface area (Å²) in [5, 5.41) is 10.6. The van der Waals surface area contributed by atoms with Crippen molar-refractivity contribution in [3.05, 3.63) is 62.5 Å². The first-order valence-electron chi connectivity index (χ1n) is 8.37. The molecule has 3 aromatic rings. The Bertz CT molecular complexity index is 1100. The highest BCUT2D eigenvalue weighted by atomic mass is 35.5. The van der Waals surface area contributed by atoms with Crippen molar-refractivity contribution in [3.63, 3.8) is 0 Å². The third-order valence-corrected chi connectivity index (χ3v) is 4.92. The Balaban J connectivity index is 2.10. The molecule has 2 aromatic heterocycles. The Morgan fingerprint density at radius 1 is 1.37 bits per heavy atom. The van der Waals surface area contributed by atoms with Crippen molar-refractivity contribution < 1.29 is 9.15 Å². The lowest BCUT2D eigenvalue weighted by Crippen LogP contribution is -2.09. The van der Waals surface area contributed by atoms with E-state index in [1.807, 2.05) is 39.0 Å². The van der Waals surface area contributed by atoms with Crippen LogP contribution in [0.25, 0.3) is 11.0 Å². The predicted octanol–water partition coefficient (Wildman–Crippen LogP) is 5.27. The smallest absolute Gasteiger partial charge is 0.193 e. The second-order valence-corrected chi connectivity index (χ2v) is 7.60. The third kappa shape index (κ3) is 4.10. The summed E-state index contributed by atoms with van der Waals surface area (Å²) in [5.74, 6) is 1.12. The average Bonchev–Trinajstić information content (AvgIpc) is 2.63. The van der Waals surface area contributed by atoms with Gasteiger partial charge in [0.2, 0.25) is 0 Å². The van der Waals surface area contributed by atoms with Gasteiger partial charge in [-0.25, -0.2) is 4.98 Å². The van der Waals surface area contributed by atoms with Crippen LogP contribution in [-0.2, 0) is 0 Å². The van der Waals surface area contributed by atoms with Gasteiger partial charge in [0.25, 0.3) is 0 Å². The minimum absolute atomic E-state index is 0.0878. The Morgan fingerprint density at radius 3 is 2.85 bits per heavy atom. The van der Waals surface area contributed by atoms with Crippen LogP contribution in [0.3, 0.4) is 0 Å². The van der Waals surface area contributed by atoms with E-state index in [1.54, 1.807) is 12.1 Å². The Morgan fingerprint density at radius 2 is 2.15 bits per heavy atom. The van der Waals surface area contributed by atoms with Crippen LogP contribution in [0.15, 0.2) is 44.6 Å². The quantitative estimate of drug-likeness (QED) is 0.428. The van der Waals surface area contributed by atoms with Gasteiger partial charge in [-0.1, -0.05) is 30.3 Å². The van der Waals surface area contributed by atoms with E-state index in [0.29, 0.717) is 21.8 Å². The second-order valence-electron chi connectivity index (χ2n) is 5.95. The zero-order valence-electron chi connectivity index (χ0n) is 15.1. The van der Waals surface area contributed by atoms with Gasteiger partial charge in [-0.2, -0.15) is 5.26 Å². The molecule has 0 aliphatic carbocycles. The SMILES string of the molecule is CCSc1cc(=O)c2cc(C)cc([C@@H](C)Oc3ccc(Cl)nc3C#N)c2o1. The van der Waals surface area contributed by atoms with Crippen molar-refractivity contribution in [2.75, 3.05) is 5.75 Å². The zero-order valence-corrected chi connectivity index (χ0v) is 16.6. The van der Waals surface area contributed by atoms with Crippen LogP contribution < -0.4 is 10.2 Å². The summed E-state index contributed by atoms with van der Waals surface area (Å²) in [5.41, 5.74) is 2.17. The second kappa shape index (κ2) is 8.03. The number of nitrogens with zero attached hydrogens (tertiary/aromatic N) is 2. The molecule has 0 N–H and O–H groups in total. The number of rotatable bonds is 5. The highest BCUT2D eigenvalue weighted by molar-refractivity contribution is 7.99. The maximum absolute atomic E-state index is 12.5. The van der Waals surface area contributed by atoms with Crippen LogP contribution in [0.1, 0.15) is 36.8 Å². The largest absolute Gasteiger partial charge is 0.483 e. The number of aromatic nitrogens is 1. The molecule has 0 spiro atoms. The van der Waals surface area contributed by atoms with Gasteiger partial charge in [-0.3, -0.25) is 4.79 Å². The molecule has 0 fully saturated rings. The Labute approximate surface area is 165 Å². The summed E-state index contributed by atoms with van der Waals surface area (Å²) >= 11 is 7.31. The van der Waals surface area contributed by atoms with E-state index in [-0.39, 0.29) is 16.3 Å². The molecule has 5 nitrogen and oxygen atoms in total. The molecule has 0 unspecified atom stereocenters. The van der Waals surface area contributed by atoms with Crippen molar-refractivity contribution in [1.82, 2.24) is 4.98 Å². The molecule has 0 saturated carbocycles. The molecule has 2 heterocycles. The normalized spacial score (nSPS) is 12.0.